The van der Waals surface area contributed by atoms with Gasteiger partial charge in [-0.05, 0) is 12.5 Å². The summed E-state index contributed by atoms with van der Waals surface area (Å²) in [6, 6.07) is 2.07. The van der Waals surface area contributed by atoms with Gasteiger partial charge in [-0.2, -0.15) is 0 Å². The Labute approximate surface area is 114 Å². The van der Waals surface area contributed by atoms with E-state index in [4.69, 9.17) is 4.74 Å². The van der Waals surface area contributed by atoms with Crippen molar-refractivity contribution in [3.63, 3.8) is 0 Å². The highest BCUT2D eigenvalue weighted by Gasteiger charge is 2.15. The molecule has 0 radical (unpaired) electrons. The molecule has 0 saturated heterocycles. The van der Waals surface area contributed by atoms with Crippen LogP contribution in [0.1, 0.15) is 4.88 Å². The molecule has 3 aromatic rings. The lowest BCUT2D eigenvalue weighted by atomic mass is 10.2. The molecule has 0 aliphatic carbocycles. The van der Waals surface area contributed by atoms with Crippen LogP contribution in [-0.4, -0.2) is 27.0 Å². The summed E-state index contributed by atoms with van der Waals surface area (Å²) in [6.45, 7) is 3.75. The van der Waals surface area contributed by atoms with Crippen LogP contribution in [0.2, 0.25) is 0 Å². The zero-order valence-electron chi connectivity index (χ0n) is 10.4. The molecule has 6 heteroatoms. The maximum Gasteiger partial charge on any atom is 0.184 e. The fourth-order valence-corrected chi connectivity index (χ4v) is 2.84. The van der Waals surface area contributed by atoms with Crippen molar-refractivity contribution in [2.75, 3.05) is 7.11 Å². The first-order chi connectivity index (χ1) is 9.31. The molecule has 96 valence electrons. The van der Waals surface area contributed by atoms with Crippen LogP contribution in [0.3, 0.4) is 0 Å². The molecular weight excluding hydrogens is 260 g/mol. The largest absolute Gasteiger partial charge is 0.487 e. The second-order valence-electron chi connectivity index (χ2n) is 3.96. The zero-order chi connectivity index (χ0) is 13.2. The smallest absolute Gasteiger partial charge is 0.184 e. The normalized spacial score (nSPS) is 10.8. The summed E-state index contributed by atoms with van der Waals surface area (Å²) in [5.41, 5.74) is 2.42. The van der Waals surface area contributed by atoms with Gasteiger partial charge >= 0.3 is 0 Å². The van der Waals surface area contributed by atoms with Gasteiger partial charge in [-0.3, -0.25) is 0 Å². The van der Waals surface area contributed by atoms with Gasteiger partial charge in [0.15, 0.2) is 10.7 Å². The van der Waals surface area contributed by atoms with Crippen molar-refractivity contribution < 1.29 is 4.74 Å². The Kier molecular flexibility index (Phi) is 3.00. The van der Waals surface area contributed by atoms with Gasteiger partial charge in [0.25, 0.3) is 0 Å². The minimum absolute atomic E-state index is 0.656. The molecule has 0 aromatic carbocycles. The quantitative estimate of drug-likeness (QED) is 0.742. The van der Waals surface area contributed by atoms with E-state index in [1.807, 2.05) is 6.08 Å². The topological polar surface area (TPSA) is 63.7 Å². The first-order valence-corrected chi connectivity index (χ1v) is 6.57. The van der Waals surface area contributed by atoms with E-state index in [1.54, 1.807) is 24.6 Å². The van der Waals surface area contributed by atoms with Crippen molar-refractivity contribution in [3.05, 3.63) is 36.1 Å². The maximum absolute atomic E-state index is 5.41. The summed E-state index contributed by atoms with van der Waals surface area (Å²) in [5.74, 6) is 0.749. The molecule has 1 N–H and O–H groups in total. The summed E-state index contributed by atoms with van der Waals surface area (Å²) in [5, 5.41) is 0.837. The van der Waals surface area contributed by atoms with E-state index in [9.17, 15) is 0 Å². The van der Waals surface area contributed by atoms with E-state index in [0.717, 1.165) is 28.4 Å². The predicted molar refractivity (Wildman–Crippen MR) is 75.4 cm³/mol. The highest BCUT2D eigenvalue weighted by molar-refractivity contribution is 7.14. The van der Waals surface area contributed by atoms with Crippen molar-refractivity contribution >= 4 is 22.5 Å². The summed E-state index contributed by atoms with van der Waals surface area (Å²) in [4.78, 5) is 16.9. The molecule has 3 rings (SSSR count). The maximum atomic E-state index is 5.41. The molecule has 3 aromatic heterocycles. The highest BCUT2D eigenvalue weighted by Crippen LogP contribution is 2.37. The van der Waals surface area contributed by atoms with E-state index >= 15 is 0 Å². The van der Waals surface area contributed by atoms with Gasteiger partial charge in [-0.1, -0.05) is 6.08 Å². The van der Waals surface area contributed by atoms with Crippen LogP contribution < -0.4 is 4.74 Å². The number of methoxy groups -OCH3 is 1. The zero-order valence-corrected chi connectivity index (χ0v) is 11.2. The number of aromatic nitrogens is 4. The molecule has 0 bridgehead atoms. The Morgan fingerprint density at radius 2 is 2.42 bits per heavy atom. The molecule has 0 spiro atoms. The fraction of sp³-hybridized carbons (Fsp3) is 0.154. The number of H-pyrrole nitrogens is 1. The molecular formula is C13H12N4OS. The Balaban J connectivity index is 2.11. The molecule has 0 atom stereocenters. The van der Waals surface area contributed by atoms with Crippen LogP contribution in [0, 0.1) is 0 Å². The van der Waals surface area contributed by atoms with E-state index < -0.39 is 0 Å². The molecule has 19 heavy (non-hydrogen) atoms. The van der Waals surface area contributed by atoms with Crippen molar-refractivity contribution in [2.45, 2.75) is 6.42 Å². The molecule has 0 saturated carbocycles. The molecule has 0 aliphatic heterocycles. The van der Waals surface area contributed by atoms with Gasteiger partial charge < -0.3 is 9.72 Å². The third-order valence-electron chi connectivity index (χ3n) is 2.70. The monoisotopic (exact) mass is 272 g/mol. The number of thiophene rings is 1. The first-order valence-electron chi connectivity index (χ1n) is 5.75. The molecule has 0 unspecified atom stereocenters. The standard InChI is InChI=1S/C13H12N4OS/c1-3-4-8-5-9(13(18-2)19-8)11-16-10-6-14-7-15-12(10)17-11/h3,5-7H,1,4H2,2H3,(H,14,15,16,17). The van der Waals surface area contributed by atoms with Gasteiger partial charge in [-0.15, -0.1) is 17.9 Å². The van der Waals surface area contributed by atoms with E-state index in [1.165, 1.54) is 11.2 Å². The number of rotatable bonds is 4. The lowest BCUT2D eigenvalue weighted by Gasteiger charge is -1.97. The second-order valence-corrected chi connectivity index (χ2v) is 5.06. The Hall–Kier alpha value is -2.21. The number of nitrogens with one attached hydrogen (secondary N) is 1. The van der Waals surface area contributed by atoms with Crippen molar-refractivity contribution in [2.24, 2.45) is 0 Å². The van der Waals surface area contributed by atoms with E-state index in [0.29, 0.717) is 5.65 Å². The number of nitrogens with zero attached hydrogens (tertiary/aromatic N) is 3. The fourth-order valence-electron chi connectivity index (χ4n) is 1.87. The third kappa shape index (κ3) is 2.10. The second kappa shape index (κ2) is 4.81. The minimum Gasteiger partial charge on any atom is -0.487 e. The number of ether oxygens (including phenoxy) is 1. The number of hydrogen-bond donors (Lipinski definition) is 1. The van der Waals surface area contributed by atoms with Crippen LogP contribution in [0.25, 0.3) is 22.6 Å². The molecule has 0 aliphatic rings. The number of imidazole rings is 1. The number of allylic oxidation sites excluding steroid dienone is 1. The molecule has 0 amide bonds. The third-order valence-corrected chi connectivity index (χ3v) is 3.82. The van der Waals surface area contributed by atoms with Gasteiger partial charge in [0.05, 0.1) is 18.9 Å². The number of fused-ring (bicyclic) bond motifs is 1. The van der Waals surface area contributed by atoms with E-state index in [2.05, 4.69) is 32.6 Å². The van der Waals surface area contributed by atoms with Gasteiger partial charge in [0, 0.05) is 4.88 Å². The van der Waals surface area contributed by atoms with Gasteiger partial charge in [0.1, 0.15) is 17.7 Å². The van der Waals surface area contributed by atoms with Crippen molar-refractivity contribution in [3.8, 4) is 16.5 Å². The van der Waals surface area contributed by atoms with Crippen molar-refractivity contribution in [1.29, 1.82) is 0 Å². The summed E-state index contributed by atoms with van der Waals surface area (Å²) < 4.78 is 5.41. The number of aromatic amines is 1. The predicted octanol–water partition coefficient (Wildman–Crippen LogP) is 2.82. The average Bonchev–Trinajstić information content (AvgIpc) is 3.01. The minimum atomic E-state index is 0.656. The first kappa shape index (κ1) is 11.9. The summed E-state index contributed by atoms with van der Waals surface area (Å²) in [6.07, 6.45) is 5.89. The van der Waals surface area contributed by atoms with Crippen LogP contribution in [0.4, 0.5) is 0 Å². The van der Waals surface area contributed by atoms with Crippen LogP contribution >= 0.6 is 11.3 Å². The van der Waals surface area contributed by atoms with Crippen molar-refractivity contribution in [1.82, 2.24) is 19.9 Å². The lowest BCUT2D eigenvalue weighted by molar-refractivity contribution is 0.428. The van der Waals surface area contributed by atoms with Gasteiger partial charge in [-0.25, -0.2) is 15.0 Å². The van der Waals surface area contributed by atoms with Crippen LogP contribution in [0.5, 0.6) is 5.06 Å². The van der Waals surface area contributed by atoms with Crippen LogP contribution in [0.15, 0.2) is 31.2 Å². The molecule has 0 fully saturated rings. The summed E-state index contributed by atoms with van der Waals surface area (Å²) >= 11 is 1.60. The SMILES string of the molecule is C=CCc1cc(-c2nc3ncncc3[nH]2)c(OC)s1. The number of hydrogen-bond acceptors (Lipinski definition) is 5. The Morgan fingerprint density at radius 1 is 1.53 bits per heavy atom. The Morgan fingerprint density at radius 3 is 3.16 bits per heavy atom. The van der Waals surface area contributed by atoms with Gasteiger partial charge in [0.2, 0.25) is 0 Å². The summed E-state index contributed by atoms with van der Waals surface area (Å²) in [7, 11) is 1.66. The highest BCUT2D eigenvalue weighted by atomic mass is 32.1. The van der Waals surface area contributed by atoms with Crippen LogP contribution in [-0.2, 0) is 6.42 Å². The Bertz CT molecular complexity index is 698. The molecule has 5 nitrogen and oxygen atoms in total. The lowest BCUT2D eigenvalue weighted by Crippen LogP contribution is -1.83. The average molecular weight is 272 g/mol. The molecule has 3 heterocycles. The van der Waals surface area contributed by atoms with E-state index in [-0.39, 0.29) is 0 Å².